The molecule has 0 amide bonds. The van der Waals surface area contributed by atoms with Gasteiger partial charge < -0.3 is 15.0 Å². The van der Waals surface area contributed by atoms with Gasteiger partial charge in [-0.1, -0.05) is 0 Å². The lowest BCUT2D eigenvalue weighted by Gasteiger charge is -2.15. The molecule has 98 valence electrons. The molecule has 1 saturated carbocycles. The van der Waals surface area contributed by atoms with Crippen molar-refractivity contribution >= 4 is 5.95 Å². The first-order chi connectivity index (χ1) is 8.85. The highest BCUT2D eigenvalue weighted by atomic mass is 16.5. The zero-order chi connectivity index (χ0) is 12.4. The Labute approximate surface area is 108 Å². The number of ether oxygens (including phenoxy) is 1. The zero-order valence-corrected chi connectivity index (χ0v) is 10.8. The normalized spacial score (nSPS) is 24.2. The highest BCUT2D eigenvalue weighted by Crippen LogP contribution is 2.31. The van der Waals surface area contributed by atoms with Crippen LogP contribution in [-0.4, -0.2) is 47.7 Å². The molecule has 5 nitrogen and oxygen atoms in total. The number of methoxy groups -OCH3 is 1. The van der Waals surface area contributed by atoms with E-state index in [-0.39, 0.29) is 0 Å². The van der Waals surface area contributed by atoms with Gasteiger partial charge in [-0.2, -0.15) is 0 Å². The first-order valence-electron chi connectivity index (χ1n) is 6.69. The molecule has 2 fully saturated rings. The number of hydrogen-bond donors (Lipinski definition) is 1. The van der Waals surface area contributed by atoms with Crippen LogP contribution in [0.1, 0.15) is 19.3 Å². The van der Waals surface area contributed by atoms with E-state index in [9.17, 15) is 0 Å². The molecule has 0 aromatic carbocycles. The second kappa shape index (κ2) is 5.10. The fourth-order valence-electron chi connectivity index (χ4n) is 2.55. The summed E-state index contributed by atoms with van der Waals surface area (Å²) in [6.07, 6.45) is 7.49. The van der Waals surface area contributed by atoms with Crippen LogP contribution in [0.2, 0.25) is 0 Å². The van der Waals surface area contributed by atoms with Gasteiger partial charge in [0.25, 0.3) is 0 Å². The van der Waals surface area contributed by atoms with Crippen LogP contribution in [0.4, 0.5) is 5.95 Å². The fourth-order valence-corrected chi connectivity index (χ4v) is 2.55. The van der Waals surface area contributed by atoms with Crippen LogP contribution in [0.5, 0.6) is 5.75 Å². The van der Waals surface area contributed by atoms with Crippen LogP contribution in [-0.2, 0) is 0 Å². The summed E-state index contributed by atoms with van der Waals surface area (Å²) in [5.41, 5.74) is 0. The van der Waals surface area contributed by atoms with Crippen molar-refractivity contribution in [1.29, 1.82) is 0 Å². The second-order valence-corrected chi connectivity index (χ2v) is 5.21. The molecule has 1 aliphatic heterocycles. The van der Waals surface area contributed by atoms with Gasteiger partial charge in [0.05, 0.1) is 19.5 Å². The molecule has 18 heavy (non-hydrogen) atoms. The Morgan fingerprint density at radius 2 is 2.11 bits per heavy atom. The number of rotatable bonds is 5. The molecule has 0 spiro atoms. The third-order valence-electron chi connectivity index (χ3n) is 3.79. The number of nitrogens with one attached hydrogen (secondary N) is 1. The maximum absolute atomic E-state index is 5.04. The Kier molecular flexibility index (Phi) is 3.32. The van der Waals surface area contributed by atoms with Gasteiger partial charge in [-0.25, -0.2) is 9.97 Å². The lowest BCUT2D eigenvalue weighted by molar-refractivity contribution is 0.316. The molecule has 0 bridgehead atoms. The summed E-state index contributed by atoms with van der Waals surface area (Å²) in [5.74, 6) is 2.12. The zero-order valence-electron chi connectivity index (χ0n) is 10.8. The monoisotopic (exact) mass is 248 g/mol. The van der Waals surface area contributed by atoms with Crippen molar-refractivity contribution < 1.29 is 4.74 Å². The summed E-state index contributed by atoms with van der Waals surface area (Å²) in [5, 5.41) is 3.31. The second-order valence-electron chi connectivity index (χ2n) is 5.21. The van der Waals surface area contributed by atoms with E-state index in [1.54, 1.807) is 19.5 Å². The predicted molar refractivity (Wildman–Crippen MR) is 69.8 cm³/mol. The molecule has 2 aliphatic rings. The van der Waals surface area contributed by atoms with Crippen molar-refractivity contribution in [3.8, 4) is 5.75 Å². The van der Waals surface area contributed by atoms with Gasteiger partial charge in [-0.15, -0.1) is 0 Å². The summed E-state index contributed by atoms with van der Waals surface area (Å²) in [6, 6.07) is 0.896. The Hall–Kier alpha value is -1.36. The highest BCUT2D eigenvalue weighted by Gasteiger charge is 2.34. The number of aromatic nitrogens is 2. The Balaban J connectivity index is 1.45. The molecular formula is C13H20N4O. The summed E-state index contributed by atoms with van der Waals surface area (Å²) >= 11 is 0. The summed E-state index contributed by atoms with van der Waals surface area (Å²) in [4.78, 5) is 11.1. The van der Waals surface area contributed by atoms with Gasteiger partial charge in [0.15, 0.2) is 5.75 Å². The average molecular weight is 248 g/mol. The lowest BCUT2D eigenvalue weighted by Crippen LogP contribution is -2.25. The number of likely N-dealkylation sites (tertiary alicyclic amines) is 1. The van der Waals surface area contributed by atoms with Crippen LogP contribution >= 0.6 is 0 Å². The van der Waals surface area contributed by atoms with Gasteiger partial charge in [0.2, 0.25) is 5.95 Å². The van der Waals surface area contributed by atoms with Gasteiger partial charge >= 0.3 is 0 Å². The summed E-state index contributed by atoms with van der Waals surface area (Å²) in [7, 11) is 1.62. The highest BCUT2D eigenvalue weighted by molar-refractivity contribution is 5.27. The quantitative estimate of drug-likeness (QED) is 0.853. The molecule has 5 heteroatoms. The molecule has 1 saturated heterocycles. The van der Waals surface area contributed by atoms with Crippen LogP contribution in [0.3, 0.4) is 0 Å². The molecule has 1 aliphatic carbocycles. The van der Waals surface area contributed by atoms with Gasteiger partial charge in [0.1, 0.15) is 0 Å². The SMILES string of the molecule is COc1cnc(NCC2CCN(C3CC3)C2)nc1. The van der Waals surface area contributed by atoms with E-state index in [0.29, 0.717) is 11.7 Å². The largest absolute Gasteiger partial charge is 0.494 e. The van der Waals surface area contributed by atoms with Crippen LogP contribution in [0.25, 0.3) is 0 Å². The molecule has 1 atom stereocenters. The molecule has 2 heterocycles. The van der Waals surface area contributed by atoms with E-state index in [2.05, 4.69) is 20.2 Å². The van der Waals surface area contributed by atoms with E-state index in [4.69, 9.17) is 4.74 Å². The first-order valence-corrected chi connectivity index (χ1v) is 6.69. The van der Waals surface area contributed by atoms with Crippen molar-refractivity contribution in [3.63, 3.8) is 0 Å². The standard InChI is InChI=1S/C13H20N4O/c1-18-12-7-15-13(16-8-12)14-6-10-4-5-17(9-10)11-2-3-11/h7-8,10-11H,2-6,9H2,1H3,(H,14,15,16). The Morgan fingerprint density at radius 3 is 2.78 bits per heavy atom. The van der Waals surface area contributed by atoms with Crippen LogP contribution in [0, 0.1) is 5.92 Å². The maximum atomic E-state index is 5.04. The minimum absolute atomic E-state index is 0.695. The molecule has 0 radical (unpaired) electrons. The van der Waals surface area contributed by atoms with E-state index in [1.807, 2.05) is 0 Å². The third kappa shape index (κ3) is 2.72. The van der Waals surface area contributed by atoms with Crippen LogP contribution < -0.4 is 10.1 Å². The summed E-state index contributed by atoms with van der Waals surface area (Å²) in [6.45, 7) is 3.46. The Bertz CT molecular complexity index is 390. The molecule has 1 N–H and O–H groups in total. The predicted octanol–water partition coefficient (Wildman–Crippen LogP) is 1.38. The minimum Gasteiger partial charge on any atom is -0.494 e. The Morgan fingerprint density at radius 1 is 1.33 bits per heavy atom. The number of hydrogen-bond acceptors (Lipinski definition) is 5. The average Bonchev–Trinajstić information content (AvgIpc) is 3.16. The summed E-state index contributed by atoms with van der Waals surface area (Å²) < 4.78 is 5.04. The van der Waals surface area contributed by atoms with Crippen LogP contribution in [0.15, 0.2) is 12.4 Å². The fraction of sp³-hybridized carbons (Fsp3) is 0.692. The van der Waals surface area contributed by atoms with E-state index >= 15 is 0 Å². The maximum Gasteiger partial charge on any atom is 0.222 e. The van der Waals surface area contributed by atoms with E-state index in [0.717, 1.165) is 18.5 Å². The van der Waals surface area contributed by atoms with Crippen molar-refractivity contribution in [1.82, 2.24) is 14.9 Å². The van der Waals surface area contributed by atoms with Crippen molar-refractivity contribution in [2.24, 2.45) is 5.92 Å². The van der Waals surface area contributed by atoms with Crippen molar-refractivity contribution in [2.75, 3.05) is 32.1 Å². The van der Waals surface area contributed by atoms with E-state index < -0.39 is 0 Å². The number of nitrogens with zero attached hydrogens (tertiary/aromatic N) is 3. The molecule has 3 rings (SSSR count). The molecule has 1 unspecified atom stereocenters. The van der Waals surface area contributed by atoms with E-state index in [1.165, 1.54) is 32.4 Å². The van der Waals surface area contributed by atoms with Gasteiger partial charge in [0, 0.05) is 19.1 Å². The topological polar surface area (TPSA) is 50.3 Å². The third-order valence-corrected chi connectivity index (χ3v) is 3.79. The number of anilines is 1. The van der Waals surface area contributed by atoms with Gasteiger partial charge in [-0.3, -0.25) is 0 Å². The van der Waals surface area contributed by atoms with Crippen molar-refractivity contribution in [2.45, 2.75) is 25.3 Å². The molecule has 1 aromatic rings. The molecule has 1 aromatic heterocycles. The minimum atomic E-state index is 0.695. The smallest absolute Gasteiger partial charge is 0.222 e. The van der Waals surface area contributed by atoms with Gasteiger partial charge in [-0.05, 0) is 31.7 Å². The molecular weight excluding hydrogens is 228 g/mol. The first kappa shape index (κ1) is 11.7. The lowest BCUT2D eigenvalue weighted by atomic mass is 10.1. The van der Waals surface area contributed by atoms with Crippen molar-refractivity contribution in [3.05, 3.63) is 12.4 Å².